The molecule has 0 amide bonds. The van der Waals surface area contributed by atoms with Gasteiger partial charge in [-0.05, 0) is 63.9 Å². The second-order valence-electron chi connectivity index (χ2n) is 7.85. The molecule has 2 aromatic heterocycles. The number of hydrogen-bond donors (Lipinski definition) is 0. The van der Waals surface area contributed by atoms with E-state index in [2.05, 4.69) is 14.9 Å². The van der Waals surface area contributed by atoms with Crippen LogP contribution in [0.3, 0.4) is 0 Å². The Labute approximate surface area is 170 Å². The zero-order chi connectivity index (χ0) is 19.1. The van der Waals surface area contributed by atoms with Gasteiger partial charge in [0.05, 0.1) is 17.3 Å². The van der Waals surface area contributed by atoms with Crippen LogP contribution in [0.1, 0.15) is 31.5 Å². The molecule has 0 radical (unpaired) electrons. The maximum Gasteiger partial charge on any atom is 0.168 e. The topological polar surface area (TPSA) is 50.1 Å². The van der Waals surface area contributed by atoms with Crippen LogP contribution in [0.4, 0.5) is 5.82 Å². The van der Waals surface area contributed by atoms with Crippen LogP contribution in [0.2, 0.25) is 5.02 Å². The molecule has 0 aliphatic carbocycles. The zero-order valence-corrected chi connectivity index (χ0v) is 16.9. The highest BCUT2D eigenvalue weighted by molar-refractivity contribution is 6.30. The van der Waals surface area contributed by atoms with Gasteiger partial charge in [-0.2, -0.15) is 5.10 Å². The van der Waals surface area contributed by atoms with Gasteiger partial charge in [-0.15, -0.1) is 0 Å². The Morgan fingerprint density at radius 1 is 1.07 bits per heavy atom. The predicted molar refractivity (Wildman–Crippen MR) is 112 cm³/mol. The highest BCUT2D eigenvalue weighted by atomic mass is 35.5. The molecule has 6 nitrogen and oxygen atoms in total. The van der Waals surface area contributed by atoms with Gasteiger partial charge in [0, 0.05) is 24.2 Å². The average Bonchev–Trinajstić information content (AvgIpc) is 3.37. The van der Waals surface area contributed by atoms with Crippen molar-refractivity contribution in [2.75, 3.05) is 31.1 Å². The lowest BCUT2D eigenvalue weighted by Gasteiger charge is -2.38. The quantitative estimate of drug-likeness (QED) is 0.673. The Morgan fingerprint density at radius 2 is 1.93 bits per heavy atom. The van der Waals surface area contributed by atoms with Gasteiger partial charge in [0.25, 0.3) is 0 Å². The van der Waals surface area contributed by atoms with Gasteiger partial charge in [-0.1, -0.05) is 17.7 Å². The highest BCUT2D eigenvalue weighted by Gasteiger charge is 2.29. The molecule has 7 heteroatoms. The van der Waals surface area contributed by atoms with Crippen molar-refractivity contribution >= 4 is 28.5 Å². The number of likely N-dealkylation sites (tertiary alicyclic amines) is 1. The summed E-state index contributed by atoms with van der Waals surface area (Å²) in [5.74, 6) is 1.79. The largest absolute Gasteiger partial charge is 0.354 e. The van der Waals surface area contributed by atoms with Gasteiger partial charge in [0.15, 0.2) is 5.65 Å². The summed E-state index contributed by atoms with van der Waals surface area (Å²) >= 11 is 6.19. The minimum absolute atomic E-state index is 0.629. The molecule has 1 aromatic carbocycles. The number of piperidine rings is 1. The number of aryl methyl sites for hydroxylation is 1. The number of anilines is 1. The zero-order valence-electron chi connectivity index (χ0n) is 16.2. The van der Waals surface area contributed by atoms with Crippen LogP contribution < -0.4 is 4.90 Å². The van der Waals surface area contributed by atoms with E-state index in [1.165, 1.54) is 38.8 Å². The fraction of sp³-hybridized carbons (Fsp3) is 0.476. The summed E-state index contributed by atoms with van der Waals surface area (Å²) < 4.78 is 1.86. The fourth-order valence-electron chi connectivity index (χ4n) is 4.59. The Hall–Kier alpha value is -2.18. The Kier molecular flexibility index (Phi) is 4.69. The minimum Gasteiger partial charge on any atom is -0.354 e. The van der Waals surface area contributed by atoms with Crippen LogP contribution in [0.5, 0.6) is 0 Å². The van der Waals surface area contributed by atoms with Gasteiger partial charge in [-0.25, -0.2) is 14.6 Å². The molecule has 2 fully saturated rings. The summed E-state index contributed by atoms with van der Waals surface area (Å²) in [6.45, 7) is 6.51. The summed E-state index contributed by atoms with van der Waals surface area (Å²) in [6.07, 6.45) is 7.05. The molecular weight excluding hydrogens is 372 g/mol. The molecule has 0 spiro atoms. The van der Waals surface area contributed by atoms with E-state index in [9.17, 15) is 0 Å². The van der Waals surface area contributed by atoms with Crippen LogP contribution in [0.25, 0.3) is 16.7 Å². The Balaban J connectivity index is 1.53. The number of benzene rings is 1. The summed E-state index contributed by atoms with van der Waals surface area (Å²) in [4.78, 5) is 14.6. The van der Waals surface area contributed by atoms with Crippen molar-refractivity contribution in [1.82, 2.24) is 24.6 Å². The first-order valence-electron chi connectivity index (χ1n) is 10.2. The first-order chi connectivity index (χ1) is 13.7. The molecule has 5 rings (SSSR count). The van der Waals surface area contributed by atoms with Crippen LogP contribution in [0, 0.1) is 6.92 Å². The Morgan fingerprint density at radius 3 is 2.75 bits per heavy atom. The van der Waals surface area contributed by atoms with Crippen molar-refractivity contribution in [3.8, 4) is 5.69 Å². The average molecular weight is 397 g/mol. The van der Waals surface area contributed by atoms with E-state index in [4.69, 9.17) is 21.6 Å². The van der Waals surface area contributed by atoms with E-state index in [0.29, 0.717) is 11.1 Å². The molecule has 2 saturated heterocycles. The van der Waals surface area contributed by atoms with Crippen molar-refractivity contribution in [3.05, 3.63) is 41.3 Å². The van der Waals surface area contributed by atoms with Crippen molar-refractivity contribution in [3.63, 3.8) is 0 Å². The van der Waals surface area contributed by atoms with Crippen molar-refractivity contribution in [2.24, 2.45) is 0 Å². The third-order valence-corrected chi connectivity index (χ3v) is 6.16. The lowest BCUT2D eigenvalue weighted by molar-refractivity contribution is 0.215. The molecule has 1 unspecified atom stereocenters. The SMILES string of the molecule is Cc1nc(N2CCCC(N3CCCC3)C2)c2cnn(-c3cccc(Cl)c3)c2n1. The fourth-order valence-corrected chi connectivity index (χ4v) is 4.77. The molecule has 0 bridgehead atoms. The van der Waals surface area contributed by atoms with Gasteiger partial charge in [0.1, 0.15) is 11.6 Å². The van der Waals surface area contributed by atoms with Crippen molar-refractivity contribution in [1.29, 1.82) is 0 Å². The molecule has 0 N–H and O–H groups in total. The molecule has 2 aliphatic rings. The normalized spacial score (nSPS) is 20.9. The number of rotatable bonds is 3. The number of aromatic nitrogens is 4. The third kappa shape index (κ3) is 3.25. The maximum absolute atomic E-state index is 6.19. The van der Waals surface area contributed by atoms with Gasteiger partial charge >= 0.3 is 0 Å². The van der Waals surface area contributed by atoms with E-state index in [1.54, 1.807) is 0 Å². The van der Waals surface area contributed by atoms with Crippen LogP contribution in [-0.4, -0.2) is 56.9 Å². The second kappa shape index (κ2) is 7.33. The lowest BCUT2D eigenvalue weighted by atomic mass is 10.0. The van der Waals surface area contributed by atoms with Crippen LogP contribution in [0.15, 0.2) is 30.5 Å². The van der Waals surface area contributed by atoms with E-state index in [0.717, 1.165) is 41.5 Å². The third-order valence-electron chi connectivity index (χ3n) is 5.93. The van der Waals surface area contributed by atoms with Gasteiger partial charge in [-0.3, -0.25) is 4.90 Å². The molecular formula is C21H25ClN6. The van der Waals surface area contributed by atoms with E-state index in [1.807, 2.05) is 42.1 Å². The second-order valence-corrected chi connectivity index (χ2v) is 8.29. The molecule has 28 heavy (non-hydrogen) atoms. The monoisotopic (exact) mass is 396 g/mol. The van der Waals surface area contributed by atoms with Crippen LogP contribution >= 0.6 is 11.6 Å². The molecule has 2 aliphatic heterocycles. The number of nitrogens with zero attached hydrogens (tertiary/aromatic N) is 6. The van der Waals surface area contributed by atoms with E-state index >= 15 is 0 Å². The Bertz CT molecular complexity index is 994. The highest BCUT2D eigenvalue weighted by Crippen LogP contribution is 2.30. The molecule has 146 valence electrons. The maximum atomic E-state index is 6.19. The first-order valence-corrected chi connectivity index (χ1v) is 10.5. The predicted octanol–water partition coefficient (Wildman–Crippen LogP) is 3.84. The summed E-state index contributed by atoms with van der Waals surface area (Å²) in [6, 6.07) is 8.35. The van der Waals surface area contributed by atoms with Gasteiger partial charge < -0.3 is 4.90 Å². The smallest absolute Gasteiger partial charge is 0.168 e. The standard InChI is InChI=1S/C21H25ClN6/c1-15-24-20(27-11-5-8-18(14-27)26-9-2-3-10-26)19-13-23-28(21(19)25-15)17-7-4-6-16(22)12-17/h4,6-7,12-13,18H,2-3,5,8-11,14H2,1H3. The minimum atomic E-state index is 0.629. The van der Waals surface area contributed by atoms with E-state index in [-0.39, 0.29) is 0 Å². The van der Waals surface area contributed by atoms with Crippen molar-refractivity contribution in [2.45, 2.75) is 38.6 Å². The number of hydrogen-bond acceptors (Lipinski definition) is 5. The molecule has 0 saturated carbocycles. The molecule has 4 heterocycles. The number of fused-ring (bicyclic) bond motifs is 1. The number of halogens is 1. The molecule has 3 aromatic rings. The lowest BCUT2D eigenvalue weighted by Crippen LogP contribution is -2.47. The summed E-state index contributed by atoms with van der Waals surface area (Å²) in [5.41, 5.74) is 1.76. The first kappa shape index (κ1) is 17.9. The van der Waals surface area contributed by atoms with Crippen molar-refractivity contribution < 1.29 is 0 Å². The summed E-state index contributed by atoms with van der Waals surface area (Å²) in [7, 11) is 0. The van der Waals surface area contributed by atoms with Crippen LogP contribution in [-0.2, 0) is 0 Å². The van der Waals surface area contributed by atoms with E-state index < -0.39 is 0 Å². The summed E-state index contributed by atoms with van der Waals surface area (Å²) in [5, 5.41) is 6.32. The molecule has 1 atom stereocenters. The van der Waals surface area contributed by atoms with Gasteiger partial charge in [0.2, 0.25) is 0 Å².